The van der Waals surface area contributed by atoms with Gasteiger partial charge in [-0.25, -0.2) is 0 Å². The van der Waals surface area contributed by atoms with Gasteiger partial charge in [-0.05, 0) is 55.7 Å². The maximum absolute atomic E-state index is 12.1. The molecule has 0 aliphatic carbocycles. The van der Waals surface area contributed by atoms with Crippen molar-refractivity contribution in [1.29, 1.82) is 0 Å². The highest BCUT2D eigenvalue weighted by atomic mass is 35.5. The molecule has 28 heavy (non-hydrogen) atoms. The lowest BCUT2D eigenvalue weighted by atomic mass is 10.1. The SMILES string of the molecule is Cc1ccc(NC(=O)CSc2nnc(COc3cc(C)ccc3C)o2)c(Cl)c1. The van der Waals surface area contributed by atoms with Crippen molar-refractivity contribution >= 4 is 35.0 Å². The van der Waals surface area contributed by atoms with Gasteiger partial charge in [-0.1, -0.05) is 41.6 Å². The van der Waals surface area contributed by atoms with E-state index in [1.54, 1.807) is 12.1 Å². The number of aryl methyl sites for hydroxylation is 3. The molecular weight excluding hydrogens is 398 g/mol. The van der Waals surface area contributed by atoms with E-state index in [0.717, 1.165) is 34.2 Å². The van der Waals surface area contributed by atoms with Crippen LogP contribution in [0, 0.1) is 20.8 Å². The zero-order valence-electron chi connectivity index (χ0n) is 15.8. The summed E-state index contributed by atoms with van der Waals surface area (Å²) < 4.78 is 11.3. The fourth-order valence-electron chi connectivity index (χ4n) is 2.39. The fourth-order valence-corrected chi connectivity index (χ4v) is 3.26. The summed E-state index contributed by atoms with van der Waals surface area (Å²) in [4.78, 5) is 12.1. The molecule has 1 N–H and O–H groups in total. The molecule has 0 atom stereocenters. The Hall–Kier alpha value is -2.51. The van der Waals surface area contributed by atoms with Crippen molar-refractivity contribution in [3.05, 3.63) is 64.0 Å². The second-order valence-electron chi connectivity index (χ2n) is 6.34. The minimum atomic E-state index is -0.206. The van der Waals surface area contributed by atoms with Crippen LogP contribution in [0.2, 0.25) is 5.02 Å². The van der Waals surface area contributed by atoms with E-state index in [2.05, 4.69) is 15.5 Å². The Morgan fingerprint density at radius 1 is 1.14 bits per heavy atom. The third kappa shape index (κ3) is 5.50. The van der Waals surface area contributed by atoms with E-state index in [1.165, 1.54) is 0 Å². The number of ether oxygens (including phenoxy) is 1. The van der Waals surface area contributed by atoms with Gasteiger partial charge in [0.05, 0.1) is 16.5 Å². The van der Waals surface area contributed by atoms with Crippen LogP contribution in [-0.4, -0.2) is 21.9 Å². The molecule has 0 fully saturated rings. The second kappa shape index (κ2) is 9.12. The van der Waals surface area contributed by atoms with E-state index >= 15 is 0 Å². The lowest BCUT2D eigenvalue weighted by Crippen LogP contribution is -2.14. The van der Waals surface area contributed by atoms with Gasteiger partial charge in [-0.3, -0.25) is 4.79 Å². The molecular formula is C20H20ClN3O3S. The molecule has 1 amide bonds. The van der Waals surface area contributed by atoms with Crippen molar-refractivity contribution in [2.75, 3.05) is 11.1 Å². The van der Waals surface area contributed by atoms with Gasteiger partial charge in [-0.15, -0.1) is 10.2 Å². The van der Waals surface area contributed by atoms with E-state index in [1.807, 2.05) is 45.0 Å². The number of aromatic nitrogens is 2. The number of rotatable bonds is 7. The summed E-state index contributed by atoms with van der Waals surface area (Å²) in [6, 6.07) is 11.4. The Kier molecular flexibility index (Phi) is 6.59. The second-order valence-corrected chi connectivity index (χ2v) is 7.67. The van der Waals surface area contributed by atoms with E-state index < -0.39 is 0 Å². The van der Waals surface area contributed by atoms with Crippen LogP contribution in [0.25, 0.3) is 0 Å². The largest absolute Gasteiger partial charge is 0.484 e. The van der Waals surface area contributed by atoms with Gasteiger partial charge in [0.2, 0.25) is 5.91 Å². The summed E-state index contributed by atoms with van der Waals surface area (Å²) in [5, 5.41) is 11.5. The van der Waals surface area contributed by atoms with Gasteiger partial charge in [0, 0.05) is 0 Å². The number of thioether (sulfide) groups is 1. The van der Waals surface area contributed by atoms with Crippen molar-refractivity contribution in [2.24, 2.45) is 0 Å². The molecule has 3 aromatic rings. The van der Waals surface area contributed by atoms with Gasteiger partial charge in [0.15, 0.2) is 6.61 Å². The molecule has 0 saturated carbocycles. The lowest BCUT2D eigenvalue weighted by molar-refractivity contribution is -0.113. The van der Waals surface area contributed by atoms with Crippen LogP contribution in [0.5, 0.6) is 5.75 Å². The normalized spacial score (nSPS) is 10.7. The predicted molar refractivity (Wildman–Crippen MR) is 110 cm³/mol. The summed E-state index contributed by atoms with van der Waals surface area (Å²) in [5.74, 6) is 1.05. The van der Waals surface area contributed by atoms with Crippen LogP contribution in [0.1, 0.15) is 22.6 Å². The fraction of sp³-hybridized carbons (Fsp3) is 0.250. The molecule has 1 aromatic heterocycles. The Balaban J connectivity index is 1.50. The zero-order chi connectivity index (χ0) is 20.1. The molecule has 0 spiro atoms. The minimum absolute atomic E-state index is 0.129. The van der Waals surface area contributed by atoms with Crippen LogP contribution < -0.4 is 10.1 Å². The van der Waals surface area contributed by atoms with Crippen LogP contribution in [0.4, 0.5) is 5.69 Å². The highest BCUT2D eigenvalue weighted by molar-refractivity contribution is 7.99. The van der Waals surface area contributed by atoms with Gasteiger partial charge in [0.25, 0.3) is 11.1 Å². The first-order valence-corrected chi connectivity index (χ1v) is 9.98. The van der Waals surface area contributed by atoms with Crippen molar-refractivity contribution in [2.45, 2.75) is 32.6 Å². The maximum atomic E-state index is 12.1. The molecule has 8 heteroatoms. The number of nitrogens with one attached hydrogen (secondary N) is 1. The van der Waals surface area contributed by atoms with E-state index in [-0.39, 0.29) is 18.3 Å². The van der Waals surface area contributed by atoms with Crippen LogP contribution in [-0.2, 0) is 11.4 Å². The Bertz CT molecular complexity index is 991. The Morgan fingerprint density at radius 3 is 2.68 bits per heavy atom. The molecule has 0 bridgehead atoms. The Morgan fingerprint density at radius 2 is 1.89 bits per heavy atom. The van der Waals surface area contributed by atoms with Gasteiger partial charge < -0.3 is 14.5 Å². The number of anilines is 1. The van der Waals surface area contributed by atoms with E-state index in [4.69, 9.17) is 20.8 Å². The third-order valence-corrected chi connectivity index (χ3v) is 5.00. The third-order valence-electron chi connectivity index (χ3n) is 3.87. The first-order valence-electron chi connectivity index (χ1n) is 8.62. The van der Waals surface area contributed by atoms with Crippen molar-refractivity contribution in [3.8, 4) is 5.75 Å². The predicted octanol–water partition coefficient (Wildman–Crippen LogP) is 4.96. The Labute approximate surface area is 172 Å². The van der Waals surface area contributed by atoms with E-state index in [0.29, 0.717) is 21.8 Å². The zero-order valence-corrected chi connectivity index (χ0v) is 17.4. The number of halogens is 1. The number of amides is 1. The summed E-state index contributed by atoms with van der Waals surface area (Å²) in [6.07, 6.45) is 0. The summed E-state index contributed by atoms with van der Waals surface area (Å²) in [7, 11) is 0. The molecule has 0 aliphatic rings. The monoisotopic (exact) mass is 417 g/mol. The molecule has 3 rings (SSSR count). The van der Waals surface area contributed by atoms with Gasteiger partial charge in [-0.2, -0.15) is 0 Å². The average molecular weight is 418 g/mol. The van der Waals surface area contributed by atoms with Crippen LogP contribution in [0.3, 0.4) is 0 Å². The number of hydrogen-bond donors (Lipinski definition) is 1. The molecule has 1 heterocycles. The first kappa shape index (κ1) is 20.2. The number of carbonyl (C=O) groups excluding carboxylic acids is 1. The summed E-state index contributed by atoms with van der Waals surface area (Å²) in [6.45, 7) is 6.08. The molecule has 2 aromatic carbocycles. The quantitative estimate of drug-likeness (QED) is 0.547. The smallest absolute Gasteiger partial charge is 0.277 e. The molecule has 0 radical (unpaired) electrons. The van der Waals surface area contributed by atoms with Crippen LogP contribution in [0.15, 0.2) is 46.0 Å². The first-order chi connectivity index (χ1) is 13.4. The van der Waals surface area contributed by atoms with Crippen molar-refractivity contribution in [1.82, 2.24) is 10.2 Å². The molecule has 0 aliphatic heterocycles. The maximum Gasteiger partial charge on any atom is 0.277 e. The summed E-state index contributed by atoms with van der Waals surface area (Å²) >= 11 is 7.28. The standard InChI is InChI=1S/C20H20ClN3O3S/c1-12-5-7-16(15(21)8-12)22-18(25)11-28-20-24-23-19(27-20)10-26-17-9-13(2)4-6-14(17)3/h4-9H,10-11H2,1-3H3,(H,22,25). The number of carbonyl (C=O) groups is 1. The highest BCUT2D eigenvalue weighted by Crippen LogP contribution is 2.24. The van der Waals surface area contributed by atoms with Crippen LogP contribution >= 0.6 is 23.4 Å². The van der Waals surface area contributed by atoms with Gasteiger partial charge in [0.1, 0.15) is 5.75 Å². The molecule has 0 unspecified atom stereocenters. The van der Waals surface area contributed by atoms with Crippen molar-refractivity contribution < 1.29 is 13.9 Å². The number of hydrogen-bond acceptors (Lipinski definition) is 6. The number of benzene rings is 2. The van der Waals surface area contributed by atoms with Crippen molar-refractivity contribution in [3.63, 3.8) is 0 Å². The topological polar surface area (TPSA) is 77.2 Å². The molecule has 6 nitrogen and oxygen atoms in total. The average Bonchev–Trinajstić information content (AvgIpc) is 3.11. The lowest BCUT2D eigenvalue weighted by Gasteiger charge is -2.07. The minimum Gasteiger partial charge on any atom is -0.484 e. The van der Waals surface area contributed by atoms with E-state index in [9.17, 15) is 4.79 Å². The summed E-state index contributed by atoms with van der Waals surface area (Å²) in [5.41, 5.74) is 3.75. The van der Waals surface area contributed by atoms with Gasteiger partial charge >= 0.3 is 0 Å². The molecule has 146 valence electrons. The molecule has 0 saturated heterocycles. The highest BCUT2D eigenvalue weighted by Gasteiger charge is 2.12. The number of nitrogens with zero attached hydrogens (tertiary/aromatic N) is 2.